The fourth-order valence-corrected chi connectivity index (χ4v) is 2.55. The van der Waals surface area contributed by atoms with Crippen LogP contribution in [0.5, 0.6) is 11.5 Å². The maximum absolute atomic E-state index is 12.4. The lowest BCUT2D eigenvalue weighted by atomic mass is 9.86. The first-order chi connectivity index (χ1) is 12.2. The molecule has 0 aromatic heterocycles. The minimum Gasteiger partial charge on any atom is -0.493 e. The van der Waals surface area contributed by atoms with E-state index >= 15 is 0 Å². The highest BCUT2D eigenvalue weighted by Crippen LogP contribution is 2.33. The van der Waals surface area contributed by atoms with E-state index in [0.717, 1.165) is 11.1 Å². The number of ketones is 1. The second kappa shape index (κ2) is 7.60. The van der Waals surface area contributed by atoms with Crippen LogP contribution in [-0.2, 0) is 10.2 Å². The summed E-state index contributed by atoms with van der Waals surface area (Å²) in [6.07, 6.45) is 0. The molecule has 0 unspecified atom stereocenters. The van der Waals surface area contributed by atoms with Crippen LogP contribution in [0.1, 0.15) is 42.3 Å². The second-order valence-electron chi connectivity index (χ2n) is 7.13. The van der Waals surface area contributed by atoms with Crippen molar-refractivity contribution in [2.75, 3.05) is 19.5 Å². The van der Waals surface area contributed by atoms with Gasteiger partial charge in [-0.25, -0.2) is 0 Å². The fourth-order valence-electron chi connectivity index (χ4n) is 2.55. The van der Waals surface area contributed by atoms with Crippen molar-refractivity contribution in [3.63, 3.8) is 0 Å². The highest BCUT2D eigenvalue weighted by atomic mass is 16.5. The van der Waals surface area contributed by atoms with Gasteiger partial charge in [-0.3, -0.25) is 9.59 Å². The summed E-state index contributed by atoms with van der Waals surface area (Å²) in [6, 6.07) is 10.5. The zero-order chi connectivity index (χ0) is 19.5. The van der Waals surface area contributed by atoms with Crippen molar-refractivity contribution in [2.45, 2.75) is 33.1 Å². The van der Waals surface area contributed by atoms with Gasteiger partial charge in [-0.1, -0.05) is 45.0 Å². The van der Waals surface area contributed by atoms with E-state index in [2.05, 4.69) is 26.1 Å². The maximum atomic E-state index is 12.4. The topological polar surface area (TPSA) is 64.6 Å². The molecule has 138 valence electrons. The Labute approximate surface area is 154 Å². The van der Waals surface area contributed by atoms with Crippen LogP contribution in [0.25, 0.3) is 0 Å². The van der Waals surface area contributed by atoms with Crippen LogP contribution in [0.15, 0.2) is 36.4 Å². The SMILES string of the molecule is COc1cc(C)c(NC(=O)C(=O)c2ccc(C(C)(C)C)cc2)cc1OC. The average molecular weight is 355 g/mol. The number of aryl methyl sites for hydroxylation is 1. The van der Waals surface area contributed by atoms with Gasteiger partial charge in [-0.05, 0) is 29.5 Å². The predicted molar refractivity (Wildman–Crippen MR) is 102 cm³/mol. The first kappa shape index (κ1) is 19.5. The number of Topliss-reactive ketones (excluding diaryl/α,β-unsaturated/α-hetero) is 1. The summed E-state index contributed by atoms with van der Waals surface area (Å²) in [5.41, 5.74) is 2.72. The van der Waals surface area contributed by atoms with E-state index in [-0.39, 0.29) is 5.41 Å². The normalized spacial score (nSPS) is 11.0. The Morgan fingerprint density at radius 2 is 1.46 bits per heavy atom. The predicted octanol–water partition coefficient (Wildman–Crippen LogP) is 4.13. The van der Waals surface area contributed by atoms with Gasteiger partial charge in [-0.2, -0.15) is 0 Å². The summed E-state index contributed by atoms with van der Waals surface area (Å²) in [7, 11) is 3.06. The third-order valence-electron chi connectivity index (χ3n) is 4.20. The van der Waals surface area contributed by atoms with Crippen LogP contribution in [0.4, 0.5) is 5.69 Å². The number of carbonyl (C=O) groups excluding carboxylic acids is 2. The van der Waals surface area contributed by atoms with Crippen molar-refractivity contribution >= 4 is 17.4 Å². The summed E-state index contributed by atoms with van der Waals surface area (Å²) in [5, 5.41) is 2.66. The molecule has 2 aromatic rings. The minimum atomic E-state index is -0.691. The molecule has 0 bridgehead atoms. The van der Waals surface area contributed by atoms with Crippen LogP contribution in [0.2, 0.25) is 0 Å². The molecule has 0 aliphatic carbocycles. The van der Waals surface area contributed by atoms with Gasteiger partial charge in [-0.15, -0.1) is 0 Å². The first-order valence-corrected chi connectivity index (χ1v) is 8.36. The molecule has 0 fully saturated rings. The molecular formula is C21H25NO4. The number of rotatable bonds is 5. The van der Waals surface area contributed by atoms with Gasteiger partial charge in [0.1, 0.15) is 0 Å². The van der Waals surface area contributed by atoms with Gasteiger partial charge in [0.15, 0.2) is 11.5 Å². The molecule has 0 spiro atoms. The van der Waals surface area contributed by atoms with Crippen LogP contribution >= 0.6 is 0 Å². The number of hydrogen-bond donors (Lipinski definition) is 1. The molecule has 1 N–H and O–H groups in total. The third-order valence-corrected chi connectivity index (χ3v) is 4.20. The number of carbonyl (C=O) groups is 2. The summed E-state index contributed by atoms with van der Waals surface area (Å²) in [4.78, 5) is 24.8. The standard InChI is InChI=1S/C21H25NO4/c1-13-11-17(25-5)18(26-6)12-16(13)22-20(24)19(23)14-7-9-15(10-8-14)21(2,3)4/h7-12H,1-6H3,(H,22,24). The van der Waals surface area contributed by atoms with Crippen molar-refractivity contribution in [3.8, 4) is 11.5 Å². The molecule has 0 aliphatic rings. The summed E-state index contributed by atoms with van der Waals surface area (Å²) in [5.74, 6) is -0.231. The van der Waals surface area contributed by atoms with Crippen LogP contribution in [0, 0.1) is 6.92 Å². The Kier molecular flexibility index (Phi) is 5.70. The molecule has 26 heavy (non-hydrogen) atoms. The minimum absolute atomic E-state index is 0.0133. The largest absolute Gasteiger partial charge is 0.493 e. The molecule has 1 amide bonds. The average Bonchev–Trinajstić information content (AvgIpc) is 2.61. The number of methoxy groups -OCH3 is 2. The van der Waals surface area contributed by atoms with E-state index in [1.54, 1.807) is 31.4 Å². The van der Waals surface area contributed by atoms with Crippen molar-refractivity contribution in [1.29, 1.82) is 0 Å². The van der Waals surface area contributed by atoms with Crippen molar-refractivity contribution < 1.29 is 19.1 Å². The fraction of sp³-hybridized carbons (Fsp3) is 0.333. The van der Waals surface area contributed by atoms with Gasteiger partial charge in [0.05, 0.1) is 14.2 Å². The van der Waals surface area contributed by atoms with Crippen molar-refractivity contribution in [1.82, 2.24) is 0 Å². The van der Waals surface area contributed by atoms with E-state index in [9.17, 15) is 9.59 Å². The molecule has 5 nitrogen and oxygen atoms in total. The zero-order valence-electron chi connectivity index (χ0n) is 16.1. The van der Waals surface area contributed by atoms with Crippen molar-refractivity contribution in [2.24, 2.45) is 0 Å². The molecule has 0 saturated carbocycles. The lowest BCUT2D eigenvalue weighted by Gasteiger charge is -2.19. The summed E-state index contributed by atoms with van der Waals surface area (Å²) < 4.78 is 10.5. The first-order valence-electron chi connectivity index (χ1n) is 8.36. The van der Waals surface area contributed by atoms with Gasteiger partial charge < -0.3 is 14.8 Å². The number of hydrogen-bond acceptors (Lipinski definition) is 4. The van der Waals surface area contributed by atoms with Crippen LogP contribution in [0.3, 0.4) is 0 Å². The molecule has 0 heterocycles. The van der Waals surface area contributed by atoms with Gasteiger partial charge in [0.25, 0.3) is 11.7 Å². The number of ether oxygens (including phenoxy) is 2. The quantitative estimate of drug-likeness (QED) is 0.647. The Morgan fingerprint density at radius 3 is 1.96 bits per heavy atom. The molecule has 0 saturated heterocycles. The van der Waals surface area contributed by atoms with Crippen molar-refractivity contribution in [3.05, 3.63) is 53.1 Å². The number of anilines is 1. The lowest BCUT2D eigenvalue weighted by molar-refractivity contribution is -0.112. The molecular weight excluding hydrogens is 330 g/mol. The van der Waals surface area contributed by atoms with E-state index in [4.69, 9.17) is 9.47 Å². The molecule has 5 heteroatoms. The van der Waals surface area contributed by atoms with Gasteiger partial charge in [0.2, 0.25) is 0 Å². The third kappa shape index (κ3) is 4.23. The highest BCUT2D eigenvalue weighted by molar-refractivity contribution is 6.46. The van der Waals surface area contributed by atoms with E-state index in [1.807, 2.05) is 19.1 Å². The van der Waals surface area contributed by atoms with E-state index in [0.29, 0.717) is 22.7 Å². The van der Waals surface area contributed by atoms with E-state index < -0.39 is 11.7 Å². The summed E-state index contributed by atoms with van der Waals surface area (Å²) in [6.45, 7) is 8.10. The Hall–Kier alpha value is -2.82. The smallest absolute Gasteiger partial charge is 0.296 e. The molecule has 0 atom stereocenters. The second-order valence-corrected chi connectivity index (χ2v) is 7.13. The summed E-state index contributed by atoms with van der Waals surface area (Å²) >= 11 is 0. The Bertz CT molecular complexity index is 817. The number of benzene rings is 2. The lowest BCUT2D eigenvalue weighted by Crippen LogP contribution is -2.23. The molecule has 0 radical (unpaired) electrons. The molecule has 2 aromatic carbocycles. The van der Waals surface area contributed by atoms with Gasteiger partial charge >= 0.3 is 0 Å². The van der Waals surface area contributed by atoms with Crippen LogP contribution < -0.4 is 14.8 Å². The van der Waals surface area contributed by atoms with E-state index in [1.165, 1.54) is 7.11 Å². The Balaban J connectivity index is 2.21. The Morgan fingerprint density at radius 1 is 0.923 bits per heavy atom. The molecule has 0 aliphatic heterocycles. The molecule has 2 rings (SSSR count). The monoisotopic (exact) mass is 355 g/mol. The number of nitrogens with one attached hydrogen (secondary N) is 1. The maximum Gasteiger partial charge on any atom is 0.296 e. The zero-order valence-corrected chi connectivity index (χ0v) is 16.1. The number of amides is 1. The van der Waals surface area contributed by atoms with Gasteiger partial charge in [0, 0.05) is 17.3 Å². The van der Waals surface area contributed by atoms with Crippen LogP contribution in [-0.4, -0.2) is 25.9 Å². The highest BCUT2D eigenvalue weighted by Gasteiger charge is 2.20.